The van der Waals surface area contributed by atoms with Gasteiger partial charge in [0.1, 0.15) is 23.7 Å². The summed E-state index contributed by atoms with van der Waals surface area (Å²) < 4.78 is 68.7. The molecule has 0 spiro atoms. The molecule has 2 aliphatic heterocycles. The number of nitrogens with zero attached hydrogens (tertiary/aromatic N) is 5. The third-order valence-corrected chi connectivity index (χ3v) is 12.9. The van der Waals surface area contributed by atoms with E-state index < -0.39 is 98.0 Å². The molecule has 4 amide bonds. The number of aromatic nitrogens is 4. The van der Waals surface area contributed by atoms with Crippen LogP contribution in [-0.4, -0.2) is 105 Å². The highest BCUT2D eigenvalue weighted by molar-refractivity contribution is 7.91. The van der Waals surface area contributed by atoms with Crippen molar-refractivity contribution in [2.24, 2.45) is 16.7 Å². The molecule has 2 saturated carbocycles. The molecule has 312 valence electrons. The summed E-state index contributed by atoms with van der Waals surface area (Å²) in [7, 11) is -4.17. The Kier molecular flexibility index (Phi) is 10.5. The molecule has 1 saturated heterocycles. The fraction of sp³-hybridized carbons (Fsp3) is 0.579. The number of carbonyl (C=O) groups is 4. The van der Waals surface area contributed by atoms with Crippen LogP contribution in [0, 0.1) is 16.7 Å². The van der Waals surface area contributed by atoms with E-state index in [1.54, 1.807) is 51.1 Å². The molecule has 0 radical (unpaired) electrons. The molecule has 20 heteroatoms. The third kappa shape index (κ3) is 8.20. The van der Waals surface area contributed by atoms with Gasteiger partial charge in [-0.3, -0.25) is 23.9 Å². The van der Waals surface area contributed by atoms with Crippen molar-refractivity contribution in [3.8, 4) is 11.7 Å². The summed E-state index contributed by atoms with van der Waals surface area (Å²) in [5.41, 5.74) is -3.18. The number of aryl methyl sites for hydroxylation is 1. The highest BCUT2D eigenvalue weighted by Gasteiger charge is 2.67. The van der Waals surface area contributed by atoms with E-state index in [1.807, 2.05) is 18.6 Å². The molecule has 3 N–H and O–H groups in total. The quantitative estimate of drug-likeness (QED) is 0.326. The van der Waals surface area contributed by atoms with E-state index in [1.165, 1.54) is 6.20 Å². The molecule has 4 bridgehead atoms. The summed E-state index contributed by atoms with van der Waals surface area (Å²) in [5.74, 6) is -4.99. The number of nitrogens with one attached hydrogen (secondary N) is 3. The van der Waals surface area contributed by atoms with Crippen LogP contribution in [0.2, 0.25) is 0 Å². The van der Waals surface area contributed by atoms with Crippen molar-refractivity contribution in [1.82, 2.24) is 40.0 Å². The van der Waals surface area contributed by atoms with Crippen molar-refractivity contribution in [2.75, 3.05) is 13.2 Å². The van der Waals surface area contributed by atoms with Gasteiger partial charge in [0.15, 0.2) is 0 Å². The average Bonchev–Trinajstić information content (AvgIpc) is 4.08. The van der Waals surface area contributed by atoms with Crippen LogP contribution in [0.5, 0.6) is 5.88 Å². The van der Waals surface area contributed by atoms with E-state index in [4.69, 9.17) is 9.47 Å². The average molecular weight is 829 g/mol. The Labute approximate surface area is 332 Å². The zero-order valence-corrected chi connectivity index (χ0v) is 33.5. The first-order chi connectivity index (χ1) is 27.2. The number of rotatable bonds is 6. The number of ether oxygens (including phenoxy) is 2. The van der Waals surface area contributed by atoms with Crippen LogP contribution in [0.15, 0.2) is 41.3 Å². The minimum Gasteiger partial charge on any atom is -0.470 e. The molecule has 2 aromatic heterocycles. The molecule has 5 atom stereocenters. The number of alkyl carbamates (subject to hydrolysis) is 1. The van der Waals surface area contributed by atoms with Gasteiger partial charge in [0.2, 0.25) is 34.1 Å². The Morgan fingerprint density at radius 3 is 2.38 bits per heavy atom. The lowest BCUT2D eigenvalue weighted by molar-refractivity contribution is -0.143. The highest BCUT2D eigenvalue weighted by Crippen LogP contribution is 2.48. The van der Waals surface area contributed by atoms with Gasteiger partial charge >= 0.3 is 6.09 Å². The van der Waals surface area contributed by atoms with E-state index in [0.717, 1.165) is 9.58 Å². The van der Waals surface area contributed by atoms with Crippen molar-refractivity contribution in [1.29, 1.82) is 0 Å². The molecule has 2 aliphatic carbocycles. The summed E-state index contributed by atoms with van der Waals surface area (Å²) in [4.78, 5) is 80.1. The van der Waals surface area contributed by atoms with Gasteiger partial charge in [-0.05, 0) is 61.1 Å². The predicted molar refractivity (Wildman–Crippen MR) is 202 cm³/mol. The second-order valence-electron chi connectivity index (χ2n) is 17.4. The maximum atomic E-state index is 14.6. The summed E-state index contributed by atoms with van der Waals surface area (Å²) >= 11 is 0. The van der Waals surface area contributed by atoms with Crippen LogP contribution in [0.3, 0.4) is 0 Å². The normalized spacial score (nSPS) is 26.4. The lowest BCUT2D eigenvalue weighted by Crippen LogP contribution is -2.60. The van der Waals surface area contributed by atoms with E-state index >= 15 is 0 Å². The highest BCUT2D eigenvalue weighted by atomic mass is 32.2. The monoisotopic (exact) mass is 828 g/mol. The van der Waals surface area contributed by atoms with Gasteiger partial charge < -0.3 is 25.0 Å². The van der Waals surface area contributed by atoms with Gasteiger partial charge in [0, 0.05) is 18.2 Å². The molecule has 4 aliphatic rings. The van der Waals surface area contributed by atoms with Crippen molar-refractivity contribution in [3.05, 3.63) is 52.4 Å². The number of alkyl halides is 2. The third-order valence-electron chi connectivity index (χ3n) is 11.1. The van der Waals surface area contributed by atoms with Gasteiger partial charge in [-0.25, -0.2) is 32.0 Å². The number of sulfonamides is 1. The first-order valence-electron chi connectivity index (χ1n) is 19.1. The van der Waals surface area contributed by atoms with E-state index in [2.05, 4.69) is 25.7 Å². The van der Waals surface area contributed by atoms with Crippen LogP contribution >= 0.6 is 0 Å². The lowest BCUT2D eigenvalue weighted by Gasteiger charge is -2.35. The number of amides is 4. The number of benzene rings is 1. The smallest absolute Gasteiger partial charge is 0.407 e. The number of cyclic esters (lactones) is 1. The van der Waals surface area contributed by atoms with Crippen LogP contribution in [0.25, 0.3) is 16.9 Å². The van der Waals surface area contributed by atoms with Crippen molar-refractivity contribution in [2.45, 2.75) is 109 Å². The van der Waals surface area contributed by atoms with E-state index in [-0.39, 0.29) is 37.7 Å². The van der Waals surface area contributed by atoms with Crippen LogP contribution < -0.4 is 25.7 Å². The molecule has 3 aromatic rings. The second-order valence-corrected chi connectivity index (χ2v) is 19.3. The molecule has 17 nitrogen and oxygen atoms in total. The molecule has 0 unspecified atom stereocenters. The van der Waals surface area contributed by atoms with Gasteiger partial charge in [0.25, 0.3) is 17.3 Å². The fourth-order valence-corrected chi connectivity index (χ4v) is 8.70. The Morgan fingerprint density at radius 1 is 1.05 bits per heavy atom. The van der Waals surface area contributed by atoms with Crippen LogP contribution in [0.1, 0.15) is 72.3 Å². The summed E-state index contributed by atoms with van der Waals surface area (Å²) in [5, 5.41) is 8.48. The largest absolute Gasteiger partial charge is 0.470 e. The lowest BCUT2D eigenvalue weighted by atomic mass is 9.85. The van der Waals surface area contributed by atoms with E-state index in [0.29, 0.717) is 35.9 Å². The van der Waals surface area contributed by atoms with Gasteiger partial charge in [-0.15, -0.1) is 0 Å². The fourth-order valence-electron chi connectivity index (χ4n) is 7.33. The number of halogens is 2. The minimum absolute atomic E-state index is 0.0647. The minimum atomic E-state index is -4.17. The predicted octanol–water partition coefficient (Wildman–Crippen LogP) is 2.39. The molecule has 58 heavy (non-hydrogen) atoms. The molecule has 3 fully saturated rings. The second kappa shape index (κ2) is 14.8. The number of carbonyl (C=O) groups excluding carboxylic acids is 4. The maximum Gasteiger partial charge on any atom is 0.407 e. The first kappa shape index (κ1) is 40.9. The van der Waals surface area contributed by atoms with Gasteiger partial charge in [-0.1, -0.05) is 46.8 Å². The Balaban J connectivity index is 1.29. The zero-order valence-electron chi connectivity index (χ0n) is 32.7. The number of hydrogen-bond donors (Lipinski definition) is 3. The van der Waals surface area contributed by atoms with Crippen LogP contribution in [-0.2, 0) is 35.6 Å². The number of fused-ring (bicyclic) bond motifs is 7. The van der Waals surface area contributed by atoms with Gasteiger partial charge in [0.05, 0.1) is 35.4 Å². The Bertz CT molecular complexity index is 2330. The maximum absolute atomic E-state index is 14.6. The van der Waals surface area contributed by atoms with Crippen molar-refractivity contribution < 1.29 is 45.9 Å². The van der Waals surface area contributed by atoms with Crippen LogP contribution in [0.4, 0.5) is 13.6 Å². The zero-order chi connectivity index (χ0) is 41.9. The van der Waals surface area contributed by atoms with E-state index in [9.17, 15) is 41.2 Å². The van der Waals surface area contributed by atoms with Crippen molar-refractivity contribution in [3.63, 3.8) is 0 Å². The topological polar surface area (TPSA) is 221 Å². The van der Waals surface area contributed by atoms with Gasteiger partial charge in [-0.2, -0.15) is 9.78 Å². The molecule has 7 rings (SSSR count). The molecule has 4 heterocycles. The summed E-state index contributed by atoms with van der Waals surface area (Å²) in [6.07, 6.45) is -3.15. The SMILES string of the molecule is CC1(C)CCc2ccnn(c2=O)-c2nc3ccccc3nc2O[C@@H]2C[C@@H](C(=O)N[C@@]3(C(=O)NS(=O)(=O)C4CC4)C[C@H]3C(F)F)N(C2)C(=O)[C@H](C(C)(C)C)NC(=O)OC1. The molecular formula is C38H46F2N8O9S. The summed E-state index contributed by atoms with van der Waals surface area (Å²) in [6, 6.07) is 5.65. The molecule has 1 aromatic carbocycles. The number of hydrogen-bond acceptors (Lipinski definition) is 12. The Morgan fingerprint density at radius 2 is 1.74 bits per heavy atom. The standard InChI is InChI=1S/C38H46F2N8O9S/c1-36(2,3)27-33(51)47-18-21(16-26(47)30(49)45-38(17-23(38)28(39)40)34(52)46-58(54,55)22-10-11-22)57-31-29(42-24-8-6-7-9-25(24)43-31)48-32(50)20(13-15-41-48)12-14-37(4,5)19-56-35(53)44-27/h6-9,13,15,21-23,26-28H,10-12,14,16-19H2,1-5H3,(H,44,53)(H,45,49)(H,46,52)/t21-,23+,26+,27-,38+/m1/s1. The Hall–Kier alpha value is -5.27. The summed E-state index contributed by atoms with van der Waals surface area (Å²) in [6.45, 7) is 8.39. The molecular weight excluding hydrogens is 783 g/mol. The van der Waals surface area contributed by atoms with Crippen molar-refractivity contribution >= 4 is 44.9 Å². The first-order valence-corrected chi connectivity index (χ1v) is 20.6. The number of para-hydroxylation sites is 2.